The summed E-state index contributed by atoms with van der Waals surface area (Å²) in [4.78, 5) is 9.57. The molecule has 4 rings (SSSR count). The van der Waals surface area contributed by atoms with Crippen molar-refractivity contribution in [2.24, 2.45) is 0 Å². The average Bonchev–Trinajstić information content (AvgIpc) is 3.02. The van der Waals surface area contributed by atoms with Crippen LogP contribution in [0.15, 0.2) is 47.8 Å². The van der Waals surface area contributed by atoms with Crippen molar-refractivity contribution in [3.8, 4) is 11.1 Å². The number of fused-ring (bicyclic) bond motifs is 1. The van der Waals surface area contributed by atoms with E-state index in [1.54, 1.807) is 12.1 Å². The van der Waals surface area contributed by atoms with Crippen molar-refractivity contribution in [1.29, 1.82) is 0 Å². The lowest BCUT2D eigenvalue weighted by molar-refractivity contribution is 0.628. The van der Waals surface area contributed by atoms with Crippen molar-refractivity contribution in [1.82, 2.24) is 9.97 Å². The number of benzene rings is 2. The van der Waals surface area contributed by atoms with Crippen molar-refractivity contribution in [2.45, 2.75) is 13.8 Å². The third-order valence-corrected chi connectivity index (χ3v) is 5.33. The van der Waals surface area contributed by atoms with E-state index in [4.69, 9.17) is 11.6 Å². The van der Waals surface area contributed by atoms with Crippen molar-refractivity contribution >= 4 is 44.7 Å². The highest BCUT2D eigenvalue weighted by molar-refractivity contribution is 7.17. The normalized spacial score (nSPS) is 11.1. The van der Waals surface area contributed by atoms with E-state index in [2.05, 4.69) is 15.3 Å². The van der Waals surface area contributed by atoms with E-state index in [9.17, 15) is 4.39 Å². The van der Waals surface area contributed by atoms with Gasteiger partial charge in [-0.05, 0) is 54.3 Å². The molecule has 0 fully saturated rings. The van der Waals surface area contributed by atoms with E-state index >= 15 is 0 Å². The molecule has 2 aromatic heterocycles. The lowest BCUT2D eigenvalue weighted by Gasteiger charge is -2.13. The van der Waals surface area contributed by atoms with Crippen LogP contribution in [0.5, 0.6) is 0 Å². The number of hydrogen-bond donors (Lipinski definition) is 1. The molecule has 4 aromatic rings. The molecule has 0 unspecified atom stereocenters. The number of aromatic nitrogens is 2. The monoisotopic (exact) mass is 383 g/mol. The minimum absolute atomic E-state index is 0.193. The first-order valence-corrected chi connectivity index (χ1v) is 9.32. The van der Waals surface area contributed by atoms with Crippen LogP contribution in [0.2, 0.25) is 5.28 Å². The first kappa shape index (κ1) is 16.9. The average molecular weight is 384 g/mol. The van der Waals surface area contributed by atoms with Gasteiger partial charge < -0.3 is 5.32 Å². The number of thiophene rings is 1. The Morgan fingerprint density at radius 2 is 1.69 bits per heavy atom. The fraction of sp³-hybridized carbons (Fsp3) is 0.100. The third-order valence-electron chi connectivity index (χ3n) is 4.29. The molecule has 0 bridgehead atoms. The number of halogens is 2. The Morgan fingerprint density at radius 1 is 1.00 bits per heavy atom. The zero-order valence-electron chi connectivity index (χ0n) is 14.2. The minimum Gasteiger partial charge on any atom is -0.339 e. The Kier molecular flexibility index (Phi) is 4.34. The highest BCUT2D eigenvalue weighted by Crippen LogP contribution is 2.39. The highest BCUT2D eigenvalue weighted by Gasteiger charge is 2.16. The second kappa shape index (κ2) is 6.67. The van der Waals surface area contributed by atoms with Crippen molar-refractivity contribution in [3.05, 3.63) is 70.1 Å². The van der Waals surface area contributed by atoms with Crippen LogP contribution >= 0.6 is 22.9 Å². The molecule has 0 aliphatic carbocycles. The van der Waals surface area contributed by atoms with E-state index < -0.39 is 0 Å². The second-order valence-corrected chi connectivity index (χ2v) is 7.27. The van der Waals surface area contributed by atoms with Crippen molar-refractivity contribution < 1.29 is 4.39 Å². The molecule has 2 aromatic carbocycles. The lowest BCUT2D eigenvalue weighted by atomic mass is 10.1. The van der Waals surface area contributed by atoms with Crippen LogP contribution in [0.4, 0.5) is 15.9 Å². The molecule has 26 heavy (non-hydrogen) atoms. The predicted molar refractivity (Wildman–Crippen MR) is 107 cm³/mol. The molecule has 2 heterocycles. The molecule has 0 atom stereocenters. The number of aryl methyl sites for hydroxylation is 2. The van der Waals surface area contributed by atoms with Gasteiger partial charge in [-0.1, -0.05) is 30.3 Å². The fourth-order valence-corrected chi connectivity index (χ4v) is 4.14. The molecule has 0 aliphatic rings. The van der Waals surface area contributed by atoms with Gasteiger partial charge in [0, 0.05) is 16.6 Å². The number of anilines is 2. The minimum atomic E-state index is -0.263. The maximum absolute atomic E-state index is 13.3. The molecule has 0 aliphatic heterocycles. The Morgan fingerprint density at radius 3 is 2.38 bits per heavy atom. The Labute approximate surface area is 159 Å². The first-order chi connectivity index (χ1) is 12.5. The summed E-state index contributed by atoms with van der Waals surface area (Å²) in [6.07, 6.45) is 0. The quantitative estimate of drug-likeness (QED) is 0.410. The molecule has 130 valence electrons. The number of nitrogens with zero attached hydrogens (tertiary/aromatic N) is 2. The Balaban J connectivity index is 1.91. The summed E-state index contributed by atoms with van der Waals surface area (Å²) in [7, 11) is 0. The highest BCUT2D eigenvalue weighted by atomic mass is 35.5. The fourth-order valence-electron chi connectivity index (χ4n) is 2.98. The van der Waals surface area contributed by atoms with Crippen molar-refractivity contribution in [3.63, 3.8) is 0 Å². The molecule has 3 nitrogen and oxygen atoms in total. The molecule has 0 spiro atoms. The van der Waals surface area contributed by atoms with E-state index in [1.807, 2.05) is 37.4 Å². The summed E-state index contributed by atoms with van der Waals surface area (Å²) >= 11 is 7.63. The van der Waals surface area contributed by atoms with Gasteiger partial charge in [0.05, 0.1) is 5.39 Å². The Bertz CT molecular complexity index is 1090. The maximum Gasteiger partial charge on any atom is 0.225 e. The largest absolute Gasteiger partial charge is 0.339 e. The van der Waals surface area contributed by atoms with Crippen LogP contribution in [0.25, 0.3) is 21.3 Å². The third kappa shape index (κ3) is 3.04. The van der Waals surface area contributed by atoms with Crippen LogP contribution in [-0.2, 0) is 0 Å². The van der Waals surface area contributed by atoms with Crippen LogP contribution in [0.3, 0.4) is 0 Å². The summed E-state index contributed by atoms with van der Waals surface area (Å²) < 4.78 is 13.3. The summed E-state index contributed by atoms with van der Waals surface area (Å²) in [5.74, 6) is 0.388. The van der Waals surface area contributed by atoms with Gasteiger partial charge in [0.2, 0.25) is 5.28 Å². The summed E-state index contributed by atoms with van der Waals surface area (Å²) in [5, 5.41) is 6.50. The van der Waals surface area contributed by atoms with Gasteiger partial charge in [0.25, 0.3) is 0 Å². The Hall–Kier alpha value is -2.50. The zero-order valence-corrected chi connectivity index (χ0v) is 15.7. The van der Waals surface area contributed by atoms with E-state index in [0.717, 1.165) is 38.2 Å². The van der Waals surface area contributed by atoms with Gasteiger partial charge in [-0.2, -0.15) is 4.98 Å². The van der Waals surface area contributed by atoms with Crippen LogP contribution in [-0.4, -0.2) is 9.97 Å². The summed E-state index contributed by atoms with van der Waals surface area (Å²) in [6, 6.07) is 12.5. The van der Waals surface area contributed by atoms with Crippen LogP contribution < -0.4 is 5.32 Å². The summed E-state index contributed by atoms with van der Waals surface area (Å²) in [6.45, 7) is 4.09. The number of para-hydroxylation sites is 1. The number of rotatable bonds is 3. The van der Waals surface area contributed by atoms with E-state index in [1.165, 1.54) is 23.5 Å². The summed E-state index contributed by atoms with van der Waals surface area (Å²) in [5.41, 5.74) is 5.10. The molecular formula is C20H15ClFN3S. The molecule has 1 N–H and O–H groups in total. The van der Waals surface area contributed by atoms with Crippen molar-refractivity contribution in [2.75, 3.05) is 5.32 Å². The van der Waals surface area contributed by atoms with Crippen LogP contribution in [0, 0.1) is 19.7 Å². The standard InChI is InChI=1S/C20H15ClFN3S/c1-11-4-3-5-12(2)17(11)23-18-16-15(13-6-8-14(22)9-7-13)10-26-19(16)25-20(21)24-18/h3-10H,1-2H3,(H,23,24,25). The zero-order chi connectivity index (χ0) is 18.3. The molecule has 0 saturated carbocycles. The molecule has 0 radical (unpaired) electrons. The van der Waals surface area contributed by atoms with Gasteiger partial charge in [0.1, 0.15) is 16.5 Å². The number of hydrogen-bond acceptors (Lipinski definition) is 4. The van der Waals surface area contributed by atoms with E-state index in [-0.39, 0.29) is 11.1 Å². The first-order valence-electron chi connectivity index (χ1n) is 8.07. The van der Waals surface area contributed by atoms with Gasteiger partial charge in [0.15, 0.2) is 0 Å². The topological polar surface area (TPSA) is 37.8 Å². The van der Waals surface area contributed by atoms with E-state index in [0.29, 0.717) is 5.82 Å². The van der Waals surface area contributed by atoms with Gasteiger partial charge >= 0.3 is 0 Å². The van der Waals surface area contributed by atoms with Gasteiger partial charge in [-0.25, -0.2) is 9.37 Å². The molecule has 0 amide bonds. The molecule has 0 saturated heterocycles. The smallest absolute Gasteiger partial charge is 0.225 e. The molecule has 6 heteroatoms. The lowest BCUT2D eigenvalue weighted by Crippen LogP contribution is -2.00. The van der Waals surface area contributed by atoms with Crippen LogP contribution in [0.1, 0.15) is 11.1 Å². The SMILES string of the molecule is Cc1cccc(C)c1Nc1nc(Cl)nc2scc(-c3ccc(F)cc3)c12. The second-order valence-electron chi connectivity index (χ2n) is 6.07. The number of nitrogens with one attached hydrogen (secondary N) is 1. The predicted octanol–water partition coefficient (Wildman–Crippen LogP) is 6.51. The molecular weight excluding hydrogens is 369 g/mol. The van der Waals surface area contributed by atoms with Gasteiger partial charge in [-0.15, -0.1) is 11.3 Å². The van der Waals surface area contributed by atoms with Gasteiger partial charge in [-0.3, -0.25) is 0 Å². The maximum atomic E-state index is 13.3.